The molecule has 0 saturated heterocycles. The molecule has 0 aromatic carbocycles. The van der Waals surface area contributed by atoms with Crippen LogP contribution in [0.15, 0.2) is 6.20 Å². The first-order valence-corrected chi connectivity index (χ1v) is 5.73. The van der Waals surface area contributed by atoms with Crippen LogP contribution in [0.25, 0.3) is 0 Å². The number of carbonyl (C=O) groups is 1. The quantitative estimate of drug-likeness (QED) is 0.449. The fraction of sp³-hybridized carbons (Fsp3) is 0.429. The van der Waals surface area contributed by atoms with Crippen LogP contribution in [0.3, 0.4) is 0 Å². The number of alkyl halides is 3. The van der Waals surface area contributed by atoms with Crippen LogP contribution >= 0.6 is 38.5 Å². The molecule has 4 nitrogen and oxygen atoms in total. The van der Waals surface area contributed by atoms with Gasteiger partial charge in [-0.15, -0.1) is 0 Å². The zero-order valence-corrected chi connectivity index (χ0v) is 11.3. The first kappa shape index (κ1) is 12.8. The van der Waals surface area contributed by atoms with E-state index >= 15 is 0 Å². The van der Waals surface area contributed by atoms with Gasteiger partial charge < -0.3 is 4.74 Å². The standard InChI is InChI=1S/C7H6BrF2IN2O2/c1-2-15-6(14)5-4(11)3-13(12-5)7(8,9)10/h3H,2H2,1H3. The van der Waals surface area contributed by atoms with Crippen molar-refractivity contribution in [1.82, 2.24) is 9.78 Å². The van der Waals surface area contributed by atoms with Gasteiger partial charge in [-0.3, -0.25) is 0 Å². The van der Waals surface area contributed by atoms with Gasteiger partial charge in [0.05, 0.1) is 10.2 Å². The highest BCUT2D eigenvalue weighted by atomic mass is 127. The molecule has 0 saturated carbocycles. The monoisotopic (exact) mass is 394 g/mol. The summed E-state index contributed by atoms with van der Waals surface area (Å²) in [5, 5.41) is 3.44. The lowest BCUT2D eigenvalue weighted by atomic mass is 10.4. The maximum Gasteiger partial charge on any atom is 0.401 e. The van der Waals surface area contributed by atoms with Crippen LogP contribution in [-0.4, -0.2) is 22.4 Å². The molecule has 1 aromatic heterocycles. The van der Waals surface area contributed by atoms with E-state index in [1.54, 1.807) is 29.5 Å². The predicted molar refractivity (Wildman–Crippen MR) is 60.0 cm³/mol. The number of hydrogen-bond donors (Lipinski definition) is 0. The summed E-state index contributed by atoms with van der Waals surface area (Å²) in [6.45, 7) is 1.80. The second-order valence-corrected chi connectivity index (χ2v) is 4.57. The van der Waals surface area contributed by atoms with Crippen LogP contribution in [0.1, 0.15) is 17.4 Å². The van der Waals surface area contributed by atoms with Gasteiger partial charge in [0.15, 0.2) is 5.69 Å². The highest BCUT2D eigenvalue weighted by Gasteiger charge is 2.30. The number of carbonyl (C=O) groups excluding carboxylic acids is 1. The van der Waals surface area contributed by atoms with Gasteiger partial charge >= 0.3 is 10.9 Å². The van der Waals surface area contributed by atoms with Crippen molar-refractivity contribution in [2.45, 2.75) is 11.9 Å². The van der Waals surface area contributed by atoms with Crippen LogP contribution in [0.2, 0.25) is 0 Å². The Labute approximate surface area is 106 Å². The average molecular weight is 395 g/mol. The fourth-order valence-corrected chi connectivity index (χ4v) is 1.59. The summed E-state index contributed by atoms with van der Waals surface area (Å²) < 4.78 is 30.8. The van der Waals surface area contributed by atoms with Gasteiger partial charge in [-0.2, -0.15) is 18.6 Å². The zero-order valence-electron chi connectivity index (χ0n) is 7.51. The van der Waals surface area contributed by atoms with Crippen molar-refractivity contribution in [1.29, 1.82) is 0 Å². The van der Waals surface area contributed by atoms with Crippen LogP contribution in [0.5, 0.6) is 0 Å². The molecule has 0 fully saturated rings. The van der Waals surface area contributed by atoms with Gasteiger partial charge in [0.1, 0.15) is 0 Å². The van der Waals surface area contributed by atoms with Crippen molar-refractivity contribution in [3.8, 4) is 0 Å². The Morgan fingerprint density at radius 3 is 2.80 bits per heavy atom. The zero-order chi connectivity index (χ0) is 11.6. The van der Waals surface area contributed by atoms with Crippen molar-refractivity contribution < 1.29 is 18.3 Å². The number of rotatable bonds is 3. The van der Waals surface area contributed by atoms with Gasteiger partial charge in [-0.25, -0.2) is 4.79 Å². The molecule has 0 amide bonds. The second kappa shape index (κ2) is 4.73. The first-order valence-electron chi connectivity index (χ1n) is 3.85. The summed E-state index contributed by atoms with van der Waals surface area (Å²) in [5.41, 5.74) is -0.114. The van der Waals surface area contributed by atoms with E-state index in [4.69, 9.17) is 0 Å². The third kappa shape index (κ3) is 3.10. The second-order valence-electron chi connectivity index (χ2n) is 2.46. The Balaban J connectivity index is 3.02. The van der Waals surface area contributed by atoms with E-state index < -0.39 is 10.9 Å². The first-order chi connectivity index (χ1) is 6.86. The van der Waals surface area contributed by atoms with Crippen LogP contribution in [0, 0.1) is 3.57 Å². The number of hydrogen-bond acceptors (Lipinski definition) is 3. The molecule has 0 bridgehead atoms. The molecule has 0 unspecified atom stereocenters. The molecule has 1 aromatic rings. The minimum Gasteiger partial charge on any atom is -0.461 e. The lowest BCUT2D eigenvalue weighted by Gasteiger charge is -2.06. The van der Waals surface area contributed by atoms with Crippen LogP contribution in [0.4, 0.5) is 8.78 Å². The van der Waals surface area contributed by atoms with E-state index in [1.807, 2.05) is 0 Å². The Kier molecular flexibility index (Phi) is 4.04. The Morgan fingerprint density at radius 1 is 1.80 bits per heavy atom. The summed E-state index contributed by atoms with van der Waals surface area (Å²) in [6, 6.07) is 0. The van der Waals surface area contributed by atoms with E-state index in [0.29, 0.717) is 8.25 Å². The largest absolute Gasteiger partial charge is 0.461 e. The molecule has 0 aliphatic rings. The molecule has 8 heteroatoms. The van der Waals surface area contributed by atoms with Crippen molar-refractivity contribution >= 4 is 44.5 Å². The van der Waals surface area contributed by atoms with Crippen LogP contribution in [-0.2, 0) is 9.69 Å². The molecule has 1 heterocycles. The van der Waals surface area contributed by atoms with Crippen molar-refractivity contribution in [2.24, 2.45) is 0 Å². The van der Waals surface area contributed by atoms with Gasteiger partial charge in [0.2, 0.25) is 0 Å². The molecular formula is C7H6BrF2IN2O2. The molecule has 0 atom stereocenters. The highest BCUT2D eigenvalue weighted by molar-refractivity contribution is 14.1. The number of halogens is 4. The smallest absolute Gasteiger partial charge is 0.401 e. The van der Waals surface area contributed by atoms with Gasteiger partial charge in [-0.05, 0) is 29.5 Å². The number of ether oxygens (including phenoxy) is 1. The normalized spacial score (nSPS) is 11.5. The Morgan fingerprint density at radius 2 is 2.40 bits per heavy atom. The number of esters is 1. The van der Waals surface area contributed by atoms with Crippen molar-refractivity contribution in [3.63, 3.8) is 0 Å². The SMILES string of the molecule is CCOC(=O)c1nn(C(F)(F)Br)cc1I. The third-order valence-electron chi connectivity index (χ3n) is 1.40. The minimum atomic E-state index is -3.31. The lowest BCUT2D eigenvalue weighted by Crippen LogP contribution is -2.16. The molecule has 1 rings (SSSR count). The molecule has 15 heavy (non-hydrogen) atoms. The fourth-order valence-electron chi connectivity index (χ4n) is 0.821. The molecule has 0 aliphatic heterocycles. The molecule has 0 aliphatic carbocycles. The molecule has 0 spiro atoms. The highest BCUT2D eigenvalue weighted by Crippen LogP contribution is 2.28. The summed E-state index contributed by atoms with van der Waals surface area (Å²) in [4.78, 5) is 7.93. The van der Waals surface area contributed by atoms with E-state index in [2.05, 4.69) is 25.8 Å². The molecule has 0 N–H and O–H groups in total. The average Bonchev–Trinajstić information content (AvgIpc) is 2.47. The topological polar surface area (TPSA) is 44.1 Å². The molecule has 0 radical (unpaired) electrons. The van der Waals surface area contributed by atoms with Gasteiger partial charge in [-0.1, -0.05) is 0 Å². The summed E-state index contributed by atoms with van der Waals surface area (Å²) in [6.07, 6.45) is 1.06. The van der Waals surface area contributed by atoms with E-state index in [9.17, 15) is 13.6 Å². The third-order valence-corrected chi connectivity index (χ3v) is 2.55. The van der Waals surface area contributed by atoms with Crippen LogP contribution < -0.4 is 0 Å². The molecular weight excluding hydrogens is 389 g/mol. The summed E-state index contributed by atoms with van der Waals surface area (Å²) in [7, 11) is 0. The van der Waals surface area contributed by atoms with Gasteiger partial charge in [0, 0.05) is 22.1 Å². The van der Waals surface area contributed by atoms with E-state index in [0.717, 1.165) is 6.20 Å². The summed E-state index contributed by atoms with van der Waals surface area (Å²) in [5.74, 6) is -0.711. The summed E-state index contributed by atoms with van der Waals surface area (Å²) >= 11 is 3.87. The lowest BCUT2D eigenvalue weighted by molar-refractivity contribution is 0.0190. The van der Waals surface area contributed by atoms with E-state index in [1.165, 1.54) is 0 Å². The van der Waals surface area contributed by atoms with Gasteiger partial charge in [0.25, 0.3) is 0 Å². The van der Waals surface area contributed by atoms with Crippen molar-refractivity contribution in [3.05, 3.63) is 15.5 Å². The predicted octanol–water partition coefficient (Wildman–Crippen LogP) is 2.57. The Hall–Kier alpha value is -0.250. The maximum absolute atomic E-state index is 12.8. The minimum absolute atomic E-state index is 0.114. The van der Waals surface area contributed by atoms with E-state index in [-0.39, 0.29) is 12.3 Å². The molecule has 84 valence electrons. The number of nitrogens with zero attached hydrogens (tertiary/aromatic N) is 2. The Bertz CT molecular complexity index is 378. The van der Waals surface area contributed by atoms with Crippen molar-refractivity contribution in [2.75, 3.05) is 6.61 Å². The maximum atomic E-state index is 12.8. The number of aromatic nitrogens is 2.